The Morgan fingerprint density at radius 1 is 1.47 bits per heavy atom. The highest BCUT2D eigenvalue weighted by Gasteiger charge is 2.24. The minimum Gasteiger partial charge on any atom is -0.381 e. The molecular formula is C12H26N2O. The van der Waals surface area contributed by atoms with Crippen molar-refractivity contribution in [3.05, 3.63) is 0 Å². The molecule has 0 aromatic carbocycles. The second kappa shape index (κ2) is 6.46. The fourth-order valence-corrected chi connectivity index (χ4v) is 2.18. The third-order valence-electron chi connectivity index (χ3n) is 3.10. The standard InChI is InChI=1S/C12H26N2O/c1-4-14(7-10(2)3)8-11-9-15-6-5-12(11)13/h10-12H,4-9,13H2,1-3H3. The molecule has 0 spiro atoms. The Labute approximate surface area is 94.0 Å². The monoisotopic (exact) mass is 214 g/mol. The number of nitrogens with two attached hydrogens (primary N) is 1. The maximum absolute atomic E-state index is 6.11. The quantitative estimate of drug-likeness (QED) is 0.750. The summed E-state index contributed by atoms with van der Waals surface area (Å²) in [5, 5.41) is 0. The predicted molar refractivity (Wildman–Crippen MR) is 63.9 cm³/mol. The van der Waals surface area contributed by atoms with E-state index in [1.807, 2.05) is 0 Å². The van der Waals surface area contributed by atoms with Crippen LogP contribution in [0.25, 0.3) is 0 Å². The molecule has 1 rings (SSSR count). The minimum atomic E-state index is 0.333. The second-order valence-corrected chi connectivity index (χ2v) is 5.03. The fourth-order valence-electron chi connectivity index (χ4n) is 2.18. The fraction of sp³-hybridized carbons (Fsp3) is 1.00. The first-order valence-corrected chi connectivity index (χ1v) is 6.19. The number of nitrogens with zero attached hydrogens (tertiary/aromatic N) is 1. The maximum atomic E-state index is 6.11. The Kier molecular flexibility index (Phi) is 5.58. The highest BCUT2D eigenvalue weighted by atomic mass is 16.5. The Balaban J connectivity index is 2.35. The first-order chi connectivity index (χ1) is 7.13. The zero-order chi connectivity index (χ0) is 11.3. The molecule has 15 heavy (non-hydrogen) atoms. The molecule has 2 atom stereocenters. The van der Waals surface area contributed by atoms with E-state index in [4.69, 9.17) is 10.5 Å². The van der Waals surface area contributed by atoms with Gasteiger partial charge in [0.25, 0.3) is 0 Å². The smallest absolute Gasteiger partial charge is 0.0521 e. The normalized spacial score (nSPS) is 27.6. The highest BCUT2D eigenvalue weighted by Crippen LogP contribution is 2.14. The second-order valence-electron chi connectivity index (χ2n) is 5.03. The Morgan fingerprint density at radius 3 is 2.73 bits per heavy atom. The molecule has 0 aromatic rings. The molecule has 0 radical (unpaired) electrons. The summed E-state index contributed by atoms with van der Waals surface area (Å²) in [5.41, 5.74) is 6.11. The van der Waals surface area contributed by atoms with Gasteiger partial charge in [-0.05, 0) is 18.9 Å². The summed E-state index contributed by atoms with van der Waals surface area (Å²) in [7, 11) is 0. The number of ether oxygens (including phenoxy) is 1. The van der Waals surface area contributed by atoms with Gasteiger partial charge in [0.1, 0.15) is 0 Å². The molecule has 0 aliphatic carbocycles. The van der Waals surface area contributed by atoms with Gasteiger partial charge in [-0.15, -0.1) is 0 Å². The van der Waals surface area contributed by atoms with E-state index in [9.17, 15) is 0 Å². The molecule has 1 aliphatic heterocycles. The largest absolute Gasteiger partial charge is 0.381 e. The lowest BCUT2D eigenvalue weighted by atomic mass is 9.96. The van der Waals surface area contributed by atoms with Crippen molar-refractivity contribution in [1.82, 2.24) is 4.90 Å². The minimum absolute atomic E-state index is 0.333. The van der Waals surface area contributed by atoms with E-state index in [2.05, 4.69) is 25.7 Å². The van der Waals surface area contributed by atoms with Crippen molar-refractivity contribution in [2.24, 2.45) is 17.6 Å². The molecule has 0 aromatic heterocycles. The van der Waals surface area contributed by atoms with Crippen molar-refractivity contribution in [3.8, 4) is 0 Å². The molecule has 0 saturated carbocycles. The average Bonchev–Trinajstić information content (AvgIpc) is 2.19. The van der Waals surface area contributed by atoms with E-state index in [1.54, 1.807) is 0 Å². The first kappa shape index (κ1) is 12.9. The van der Waals surface area contributed by atoms with Gasteiger partial charge in [0, 0.05) is 31.7 Å². The van der Waals surface area contributed by atoms with E-state index in [-0.39, 0.29) is 0 Å². The SMILES string of the molecule is CCN(CC(C)C)CC1COCCC1N. The lowest BCUT2D eigenvalue weighted by Crippen LogP contribution is -2.45. The van der Waals surface area contributed by atoms with Crippen LogP contribution in [-0.4, -0.2) is 43.8 Å². The lowest BCUT2D eigenvalue weighted by Gasteiger charge is -2.33. The zero-order valence-corrected chi connectivity index (χ0v) is 10.4. The Morgan fingerprint density at radius 2 is 2.20 bits per heavy atom. The van der Waals surface area contributed by atoms with Crippen LogP contribution in [0, 0.1) is 11.8 Å². The van der Waals surface area contributed by atoms with Crippen LogP contribution in [0.15, 0.2) is 0 Å². The summed E-state index contributed by atoms with van der Waals surface area (Å²) in [6, 6.07) is 0.333. The molecule has 0 amide bonds. The Bertz CT molecular complexity index is 173. The lowest BCUT2D eigenvalue weighted by molar-refractivity contribution is 0.0253. The van der Waals surface area contributed by atoms with Crippen molar-refractivity contribution in [3.63, 3.8) is 0 Å². The number of hydrogen-bond acceptors (Lipinski definition) is 3. The van der Waals surface area contributed by atoms with Crippen molar-refractivity contribution >= 4 is 0 Å². The molecule has 2 unspecified atom stereocenters. The van der Waals surface area contributed by atoms with Gasteiger partial charge in [-0.3, -0.25) is 0 Å². The van der Waals surface area contributed by atoms with Crippen LogP contribution in [0.3, 0.4) is 0 Å². The zero-order valence-electron chi connectivity index (χ0n) is 10.4. The molecular weight excluding hydrogens is 188 g/mol. The summed E-state index contributed by atoms with van der Waals surface area (Å²) in [5.74, 6) is 1.25. The van der Waals surface area contributed by atoms with E-state index in [1.165, 1.54) is 6.54 Å². The van der Waals surface area contributed by atoms with Crippen molar-refractivity contribution in [2.75, 3.05) is 32.8 Å². The molecule has 1 saturated heterocycles. The third-order valence-corrected chi connectivity index (χ3v) is 3.10. The summed E-state index contributed by atoms with van der Waals surface area (Å²) < 4.78 is 5.50. The van der Waals surface area contributed by atoms with Gasteiger partial charge in [-0.1, -0.05) is 20.8 Å². The van der Waals surface area contributed by atoms with E-state index in [0.717, 1.165) is 38.6 Å². The van der Waals surface area contributed by atoms with Gasteiger partial charge in [-0.25, -0.2) is 0 Å². The summed E-state index contributed by atoms with van der Waals surface area (Å²) in [6.45, 7) is 11.8. The molecule has 0 bridgehead atoms. The Hall–Kier alpha value is -0.120. The maximum Gasteiger partial charge on any atom is 0.0521 e. The highest BCUT2D eigenvalue weighted by molar-refractivity contribution is 4.79. The van der Waals surface area contributed by atoms with Gasteiger partial charge in [0.2, 0.25) is 0 Å². The van der Waals surface area contributed by atoms with Crippen LogP contribution in [0.4, 0.5) is 0 Å². The summed E-state index contributed by atoms with van der Waals surface area (Å²) in [6.07, 6.45) is 1.02. The van der Waals surface area contributed by atoms with Crippen molar-refractivity contribution in [2.45, 2.75) is 33.2 Å². The van der Waals surface area contributed by atoms with E-state index < -0.39 is 0 Å². The van der Waals surface area contributed by atoms with Crippen LogP contribution >= 0.6 is 0 Å². The average molecular weight is 214 g/mol. The third kappa shape index (κ3) is 4.49. The summed E-state index contributed by atoms with van der Waals surface area (Å²) >= 11 is 0. The van der Waals surface area contributed by atoms with Crippen LogP contribution < -0.4 is 5.73 Å². The topological polar surface area (TPSA) is 38.5 Å². The van der Waals surface area contributed by atoms with E-state index in [0.29, 0.717) is 12.0 Å². The van der Waals surface area contributed by atoms with Crippen LogP contribution in [0.1, 0.15) is 27.2 Å². The molecule has 2 N–H and O–H groups in total. The first-order valence-electron chi connectivity index (χ1n) is 6.19. The molecule has 1 aliphatic rings. The van der Waals surface area contributed by atoms with Gasteiger partial charge in [0.05, 0.1) is 6.61 Å². The van der Waals surface area contributed by atoms with Crippen LogP contribution in [0.5, 0.6) is 0 Å². The van der Waals surface area contributed by atoms with Crippen molar-refractivity contribution < 1.29 is 4.74 Å². The van der Waals surface area contributed by atoms with Gasteiger partial charge < -0.3 is 15.4 Å². The van der Waals surface area contributed by atoms with Crippen LogP contribution in [-0.2, 0) is 4.74 Å². The molecule has 1 heterocycles. The van der Waals surface area contributed by atoms with Crippen molar-refractivity contribution in [1.29, 1.82) is 0 Å². The van der Waals surface area contributed by atoms with Crippen LogP contribution in [0.2, 0.25) is 0 Å². The molecule has 90 valence electrons. The van der Waals surface area contributed by atoms with Gasteiger partial charge in [0.15, 0.2) is 0 Å². The van der Waals surface area contributed by atoms with Gasteiger partial charge in [-0.2, -0.15) is 0 Å². The predicted octanol–water partition coefficient (Wildman–Crippen LogP) is 1.33. The van der Waals surface area contributed by atoms with Gasteiger partial charge >= 0.3 is 0 Å². The molecule has 3 nitrogen and oxygen atoms in total. The van der Waals surface area contributed by atoms with E-state index >= 15 is 0 Å². The molecule has 3 heteroatoms. The number of rotatable bonds is 5. The molecule has 1 fully saturated rings. The summed E-state index contributed by atoms with van der Waals surface area (Å²) in [4.78, 5) is 2.49. The number of hydrogen-bond donors (Lipinski definition) is 1.